The van der Waals surface area contributed by atoms with E-state index in [1.54, 1.807) is 0 Å². The van der Waals surface area contributed by atoms with E-state index in [1.807, 2.05) is 18.7 Å². The zero-order valence-electron chi connectivity index (χ0n) is 7.17. The first-order valence-electron chi connectivity index (χ1n) is 4.31. The molecule has 1 aliphatic carbocycles. The van der Waals surface area contributed by atoms with Crippen molar-refractivity contribution in [2.45, 2.75) is 32.7 Å². The Balaban J connectivity index is 0.000000281. The molecule has 0 aromatic carbocycles. The Morgan fingerprint density at radius 2 is 2.09 bits per heavy atom. The first kappa shape index (κ1) is 8.37. The van der Waals surface area contributed by atoms with Gasteiger partial charge in [-0.1, -0.05) is 13.8 Å². The first-order valence-corrected chi connectivity index (χ1v) is 4.31. The molecule has 2 fully saturated rings. The van der Waals surface area contributed by atoms with E-state index < -0.39 is 0 Å². The minimum absolute atomic E-state index is 0.113. The molecule has 1 saturated heterocycles. The fourth-order valence-electron chi connectivity index (χ4n) is 1.12. The fourth-order valence-corrected chi connectivity index (χ4v) is 1.12. The van der Waals surface area contributed by atoms with Gasteiger partial charge in [0.05, 0.1) is 6.54 Å². The third-order valence-electron chi connectivity index (χ3n) is 1.78. The highest BCUT2D eigenvalue weighted by Crippen LogP contribution is 2.28. The summed E-state index contributed by atoms with van der Waals surface area (Å²) in [6.45, 7) is 5.40. The molecule has 1 heterocycles. The lowest BCUT2D eigenvalue weighted by Gasteiger charge is -2.08. The maximum absolute atomic E-state index is 10.8. The summed E-state index contributed by atoms with van der Waals surface area (Å²) in [5.41, 5.74) is 0. The van der Waals surface area contributed by atoms with E-state index in [-0.39, 0.29) is 6.09 Å². The molecule has 1 amide bonds. The van der Waals surface area contributed by atoms with Gasteiger partial charge in [0, 0.05) is 6.04 Å². The minimum Gasteiger partial charge on any atom is -0.448 e. The van der Waals surface area contributed by atoms with Crippen LogP contribution in [0.2, 0.25) is 0 Å². The smallest absolute Gasteiger partial charge is 0.410 e. The van der Waals surface area contributed by atoms with Crippen molar-refractivity contribution >= 4 is 6.09 Å². The number of hydrogen-bond acceptors (Lipinski definition) is 2. The van der Waals surface area contributed by atoms with E-state index >= 15 is 0 Å². The Bertz CT molecular complexity index is 143. The molecule has 1 saturated carbocycles. The van der Waals surface area contributed by atoms with Crippen molar-refractivity contribution in [2.75, 3.05) is 13.2 Å². The van der Waals surface area contributed by atoms with Crippen LogP contribution in [0.1, 0.15) is 26.7 Å². The number of carbonyl (C=O) groups excluding carboxylic acids is 1. The lowest BCUT2D eigenvalue weighted by atomic mass is 10.5. The number of hydrogen-bond donors (Lipinski definition) is 0. The number of carbonyl (C=O) groups is 1. The molecule has 2 rings (SSSR count). The molecule has 0 spiro atoms. The summed E-state index contributed by atoms with van der Waals surface area (Å²) in [7, 11) is 0. The van der Waals surface area contributed by atoms with Gasteiger partial charge in [-0.25, -0.2) is 4.79 Å². The van der Waals surface area contributed by atoms with Gasteiger partial charge in [0.15, 0.2) is 0 Å². The maximum atomic E-state index is 10.8. The van der Waals surface area contributed by atoms with E-state index in [4.69, 9.17) is 4.74 Å². The van der Waals surface area contributed by atoms with Crippen molar-refractivity contribution in [3.8, 4) is 0 Å². The van der Waals surface area contributed by atoms with Crippen molar-refractivity contribution in [2.24, 2.45) is 0 Å². The van der Waals surface area contributed by atoms with Crippen LogP contribution in [-0.2, 0) is 4.74 Å². The number of ether oxygens (including phenoxy) is 1. The van der Waals surface area contributed by atoms with Crippen molar-refractivity contribution in [3.05, 3.63) is 0 Å². The first-order chi connectivity index (χ1) is 5.38. The molecule has 3 nitrogen and oxygen atoms in total. The van der Waals surface area contributed by atoms with Crippen molar-refractivity contribution in [3.63, 3.8) is 0 Å². The van der Waals surface area contributed by atoms with Crippen LogP contribution in [0.4, 0.5) is 4.79 Å². The molecule has 0 N–H and O–H groups in total. The second-order valence-electron chi connectivity index (χ2n) is 2.54. The molecule has 0 bridgehead atoms. The molecule has 0 aromatic rings. The molecule has 0 radical (unpaired) electrons. The highest BCUT2D eigenvalue weighted by atomic mass is 16.6. The molecule has 64 valence electrons. The van der Waals surface area contributed by atoms with Gasteiger partial charge in [-0.05, 0) is 12.8 Å². The summed E-state index contributed by atoms with van der Waals surface area (Å²) >= 11 is 0. The van der Waals surface area contributed by atoms with Gasteiger partial charge >= 0.3 is 6.09 Å². The average molecular weight is 157 g/mol. The Labute approximate surface area is 67.3 Å². The van der Waals surface area contributed by atoms with Gasteiger partial charge in [-0.3, -0.25) is 0 Å². The monoisotopic (exact) mass is 157 g/mol. The third-order valence-corrected chi connectivity index (χ3v) is 1.78. The van der Waals surface area contributed by atoms with Crippen molar-refractivity contribution in [1.82, 2.24) is 4.90 Å². The summed E-state index contributed by atoms with van der Waals surface area (Å²) in [6.07, 6.45) is 2.24. The molecular weight excluding hydrogens is 142 g/mol. The van der Waals surface area contributed by atoms with Gasteiger partial charge in [0.1, 0.15) is 6.61 Å². The van der Waals surface area contributed by atoms with Crippen LogP contribution in [0.5, 0.6) is 0 Å². The number of amides is 1. The highest BCUT2D eigenvalue weighted by Gasteiger charge is 2.36. The highest BCUT2D eigenvalue weighted by molar-refractivity contribution is 5.70. The second kappa shape index (κ2) is 3.60. The topological polar surface area (TPSA) is 29.5 Å². The Morgan fingerprint density at radius 1 is 1.45 bits per heavy atom. The van der Waals surface area contributed by atoms with Crippen molar-refractivity contribution < 1.29 is 9.53 Å². The van der Waals surface area contributed by atoms with E-state index in [1.165, 1.54) is 12.8 Å². The second-order valence-corrected chi connectivity index (χ2v) is 2.54. The molecular formula is C8H15NO2. The van der Waals surface area contributed by atoms with E-state index in [0.29, 0.717) is 12.6 Å². The van der Waals surface area contributed by atoms with Crippen LogP contribution in [0.25, 0.3) is 0 Å². The largest absolute Gasteiger partial charge is 0.448 e. The predicted octanol–water partition coefficient (Wildman–Crippen LogP) is 1.63. The van der Waals surface area contributed by atoms with Gasteiger partial charge in [0.25, 0.3) is 0 Å². The van der Waals surface area contributed by atoms with E-state index in [0.717, 1.165) is 6.54 Å². The number of rotatable bonds is 1. The van der Waals surface area contributed by atoms with Crippen LogP contribution < -0.4 is 0 Å². The third kappa shape index (κ3) is 1.85. The zero-order chi connectivity index (χ0) is 8.27. The SMILES string of the molecule is CC.O=C1OCCN1C1CC1. The summed E-state index contributed by atoms with van der Waals surface area (Å²) in [5, 5.41) is 0. The molecule has 11 heavy (non-hydrogen) atoms. The van der Waals surface area contributed by atoms with Crippen LogP contribution in [-0.4, -0.2) is 30.2 Å². The summed E-state index contributed by atoms with van der Waals surface area (Å²) in [6, 6.07) is 0.528. The van der Waals surface area contributed by atoms with Crippen LogP contribution >= 0.6 is 0 Å². The lowest BCUT2D eigenvalue weighted by molar-refractivity contribution is 0.157. The maximum Gasteiger partial charge on any atom is 0.410 e. The van der Waals surface area contributed by atoms with Gasteiger partial charge < -0.3 is 9.64 Å². The molecule has 0 aromatic heterocycles. The number of cyclic esters (lactones) is 1. The normalized spacial score (nSPS) is 22.4. The fraction of sp³-hybridized carbons (Fsp3) is 0.875. The Hall–Kier alpha value is -0.730. The van der Waals surface area contributed by atoms with Crippen LogP contribution in [0, 0.1) is 0 Å². The molecule has 0 atom stereocenters. The van der Waals surface area contributed by atoms with Gasteiger partial charge in [-0.2, -0.15) is 0 Å². The van der Waals surface area contributed by atoms with Crippen LogP contribution in [0.15, 0.2) is 0 Å². The zero-order valence-corrected chi connectivity index (χ0v) is 7.17. The molecule has 0 unspecified atom stereocenters. The predicted molar refractivity (Wildman–Crippen MR) is 42.4 cm³/mol. The average Bonchev–Trinajstić information content (AvgIpc) is 2.80. The quantitative estimate of drug-likeness (QED) is 0.579. The lowest BCUT2D eigenvalue weighted by Crippen LogP contribution is -2.26. The van der Waals surface area contributed by atoms with Gasteiger partial charge in [0.2, 0.25) is 0 Å². The number of nitrogens with zero attached hydrogens (tertiary/aromatic N) is 1. The Morgan fingerprint density at radius 3 is 2.45 bits per heavy atom. The minimum atomic E-state index is -0.113. The van der Waals surface area contributed by atoms with Crippen LogP contribution in [0.3, 0.4) is 0 Å². The van der Waals surface area contributed by atoms with Gasteiger partial charge in [-0.15, -0.1) is 0 Å². The summed E-state index contributed by atoms with van der Waals surface area (Å²) < 4.78 is 4.75. The van der Waals surface area contributed by atoms with Crippen molar-refractivity contribution in [1.29, 1.82) is 0 Å². The molecule has 1 aliphatic heterocycles. The molecule has 3 heteroatoms. The molecule has 2 aliphatic rings. The summed E-state index contributed by atoms with van der Waals surface area (Å²) in [5.74, 6) is 0. The standard InChI is InChI=1S/C6H9NO2.C2H6/c8-6-7(3-4-9-6)5-1-2-5;1-2/h5H,1-4H2;1-2H3. The summed E-state index contributed by atoms with van der Waals surface area (Å²) in [4.78, 5) is 12.6. The van der Waals surface area contributed by atoms with E-state index in [2.05, 4.69) is 0 Å². The Kier molecular flexibility index (Phi) is 2.74. The van der Waals surface area contributed by atoms with E-state index in [9.17, 15) is 4.79 Å².